The van der Waals surface area contributed by atoms with Crippen LogP contribution in [-0.4, -0.2) is 18.2 Å². The summed E-state index contributed by atoms with van der Waals surface area (Å²) in [5.41, 5.74) is 2.72. The Balaban J connectivity index is 2.24. The third-order valence-electron chi connectivity index (χ3n) is 3.09. The van der Waals surface area contributed by atoms with Gasteiger partial charge >= 0.3 is 5.97 Å². The van der Waals surface area contributed by atoms with Gasteiger partial charge in [-0.2, -0.15) is 0 Å². The number of hydrogen-bond acceptors (Lipinski definition) is 4. The van der Waals surface area contributed by atoms with Crippen LogP contribution >= 0.6 is 11.6 Å². The van der Waals surface area contributed by atoms with Crippen LogP contribution < -0.4 is 5.32 Å². The second-order valence-electron chi connectivity index (χ2n) is 4.67. The van der Waals surface area contributed by atoms with Crippen molar-refractivity contribution in [2.24, 2.45) is 0 Å². The summed E-state index contributed by atoms with van der Waals surface area (Å²) in [6.07, 6.45) is 0. The summed E-state index contributed by atoms with van der Waals surface area (Å²) in [7, 11) is 1.34. The highest BCUT2D eigenvalue weighted by molar-refractivity contribution is 6.30. The SMILES string of the molecule is COC(=O)c1cc(C)ccc1NCc1cc(Cl)ccc1O. The number of phenolic OH excluding ortho intramolecular Hbond substituents is 1. The highest BCUT2D eigenvalue weighted by Crippen LogP contribution is 2.24. The number of phenols is 1. The number of esters is 1. The van der Waals surface area contributed by atoms with Gasteiger partial charge in [-0.15, -0.1) is 0 Å². The molecule has 0 amide bonds. The summed E-state index contributed by atoms with van der Waals surface area (Å²) >= 11 is 5.91. The van der Waals surface area contributed by atoms with Crippen molar-refractivity contribution in [3.05, 3.63) is 58.1 Å². The molecule has 0 aliphatic carbocycles. The Morgan fingerprint density at radius 2 is 2.05 bits per heavy atom. The van der Waals surface area contributed by atoms with Gasteiger partial charge < -0.3 is 15.2 Å². The maximum Gasteiger partial charge on any atom is 0.339 e. The molecule has 0 saturated carbocycles. The Kier molecular flexibility index (Phi) is 4.70. The number of rotatable bonds is 4. The molecule has 0 aliphatic heterocycles. The Morgan fingerprint density at radius 1 is 1.29 bits per heavy atom. The zero-order valence-corrected chi connectivity index (χ0v) is 12.6. The van der Waals surface area contributed by atoms with Crippen molar-refractivity contribution < 1.29 is 14.6 Å². The van der Waals surface area contributed by atoms with E-state index in [1.165, 1.54) is 13.2 Å². The smallest absolute Gasteiger partial charge is 0.339 e. The van der Waals surface area contributed by atoms with Gasteiger partial charge in [0.2, 0.25) is 0 Å². The molecule has 2 aromatic carbocycles. The first kappa shape index (κ1) is 15.2. The molecule has 0 aliphatic rings. The minimum absolute atomic E-state index is 0.152. The van der Waals surface area contributed by atoms with E-state index in [2.05, 4.69) is 5.32 Å². The minimum Gasteiger partial charge on any atom is -0.508 e. The Labute approximate surface area is 128 Å². The van der Waals surface area contributed by atoms with Gasteiger partial charge in [-0.1, -0.05) is 23.2 Å². The predicted molar refractivity (Wildman–Crippen MR) is 83.0 cm³/mol. The summed E-state index contributed by atoms with van der Waals surface area (Å²) in [4.78, 5) is 11.8. The molecule has 0 heterocycles. The van der Waals surface area contributed by atoms with Crippen molar-refractivity contribution in [2.75, 3.05) is 12.4 Å². The van der Waals surface area contributed by atoms with E-state index in [0.29, 0.717) is 28.4 Å². The molecule has 2 N–H and O–H groups in total. The molecule has 0 aromatic heterocycles. The average molecular weight is 306 g/mol. The zero-order chi connectivity index (χ0) is 15.4. The number of anilines is 1. The van der Waals surface area contributed by atoms with Crippen molar-refractivity contribution in [1.82, 2.24) is 0 Å². The van der Waals surface area contributed by atoms with Gasteiger partial charge in [-0.05, 0) is 37.3 Å². The van der Waals surface area contributed by atoms with Crippen LogP contribution in [0.1, 0.15) is 21.5 Å². The van der Waals surface area contributed by atoms with E-state index in [1.54, 1.807) is 18.2 Å². The second-order valence-corrected chi connectivity index (χ2v) is 5.10. The molecular weight excluding hydrogens is 290 g/mol. The number of hydrogen-bond donors (Lipinski definition) is 2. The summed E-state index contributed by atoms with van der Waals surface area (Å²) < 4.78 is 4.78. The van der Waals surface area contributed by atoms with Gasteiger partial charge in [-0.25, -0.2) is 4.79 Å². The maximum atomic E-state index is 11.8. The molecule has 0 atom stereocenters. The van der Waals surface area contributed by atoms with Gasteiger partial charge in [0.15, 0.2) is 0 Å². The lowest BCUT2D eigenvalue weighted by Gasteiger charge is -2.12. The molecule has 0 bridgehead atoms. The first-order valence-electron chi connectivity index (χ1n) is 6.41. The number of nitrogens with one attached hydrogen (secondary N) is 1. The number of halogens is 1. The van der Waals surface area contributed by atoms with E-state index in [1.807, 2.05) is 19.1 Å². The monoisotopic (exact) mass is 305 g/mol. The molecule has 5 heteroatoms. The number of aromatic hydroxyl groups is 1. The maximum absolute atomic E-state index is 11.8. The number of carbonyl (C=O) groups is 1. The molecule has 2 aromatic rings. The number of aryl methyl sites for hydroxylation is 1. The van der Waals surface area contributed by atoms with Crippen molar-refractivity contribution in [3.63, 3.8) is 0 Å². The third kappa shape index (κ3) is 3.67. The van der Waals surface area contributed by atoms with E-state index in [-0.39, 0.29) is 5.75 Å². The Morgan fingerprint density at radius 3 is 2.76 bits per heavy atom. The van der Waals surface area contributed by atoms with Crippen LogP contribution in [0.15, 0.2) is 36.4 Å². The fraction of sp³-hybridized carbons (Fsp3) is 0.188. The average Bonchev–Trinajstić information content (AvgIpc) is 2.48. The Hall–Kier alpha value is -2.20. The van der Waals surface area contributed by atoms with Gasteiger partial charge in [-0.3, -0.25) is 0 Å². The van der Waals surface area contributed by atoms with E-state index >= 15 is 0 Å². The lowest BCUT2D eigenvalue weighted by molar-refractivity contribution is 0.0601. The highest BCUT2D eigenvalue weighted by atomic mass is 35.5. The molecular formula is C16H16ClNO3. The standard InChI is InChI=1S/C16H16ClNO3/c1-10-3-5-14(13(7-10)16(20)21-2)18-9-11-8-12(17)4-6-15(11)19/h3-8,18-19H,9H2,1-2H3. The molecule has 2 rings (SSSR count). The molecule has 4 nitrogen and oxygen atoms in total. The molecule has 21 heavy (non-hydrogen) atoms. The first-order valence-corrected chi connectivity index (χ1v) is 6.79. The number of ether oxygens (including phenoxy) is 1. The quantitative estimate of drug-likeness (QED) is 0.845. The van der Waals surface area contributed by atoms with Crippen molar-refractivity contribution in [3.8, 4) is 5.75 Å². The lowest BCUT2D eigenvalue weighted by atomic mass is 10.1. The molecule has 0 unspecified atom stereocenters. The number of carbonyl (C=O) groups excluding carboxylic acids is 1. The van der Waals surface area contributed by atoms with Crippen LogP contribution in [0.2, 0.25) is 5.02 Å². The third-order valence-corrected chi connectivity index (χ3v) is 3.33. The normalized spacial score (nSPS) is 10.2. The Bertz CT molecular complexity index is 671. The highest BCUT2D eigenvalue weighted by Gasteiger charge is 2.12. The van der Waals surface area contributed by atoms with Crippen molar-refractivity contribution in [2.45, 2.75) is 13.5 Å². The van der Waals surface area contributed by atoms with Crippen LogP contribution in [0.3, 0.4) is 0 Å². The second kappa shape index (κ2) is 6.50. The first-order chi connectivity index (χ1) is 10.0. The van der Waals surface area contributed by atoms with Gasteiger partial charge in [0.25, 0.3) is 0 Å². The van der Waals surface area contributed by atoms with Gasteiger partial charge in [0.1, 0.15) is 5.75 Å². The van der Waals surface area contributed by atoms with Crippen molar-refractivity contribution in [1.29, 1.82) is 0 Å². The predicted octanol–water partition coefficient (Wildman–Crippen LogP) is 3.75. The fourth-order valence-corrected chi connectivity index (χ4v) is 2.17. The van der Waals surface area contributed by atoms with Crippen LogP contribution in [0, 0.1) is 6.92 Å². The number of methoxy groups -OCH3 is 1. The van der Waals surface area contributed by atoms with Crippen LogP contribution in [-0.2, 0) is 11.3 Å². The topological polar surface area (TPSA) is 58.6 Å². The molecule has 0 saturated heterocycles. The summed E-state index contributed by atoms with van der Waals surface area (Å²) in [6.45, 7) is 2.25. The fourth-order valence-electron chi connectivity index (χ4n) is 1.98. The largest absolute Gasteiger partial charge is 0.508 e. The lowest BCUT2D eigenvalue weighted by Crippen LogP contribution is -2.08. The van der Waals surface area contributed by atoms with E-state index in [0.717, 1.165) is 5.56 Å². The van der Waals surface area contributed by atoms with E-state index < -0.39 is 5.97 Å². The molecule has 110 valence electrons. The van der Waals surface area contributed by atoms with Crippen LogP contribution in [0.25, 0.3) is 0 Å². The van der Waals surface area contributed by atoms with Crippen molar-refractivity contribution >= 4 is 23.3 Å². The molecule has 0 radical (unpaired) electrons. The van der Waals surface area contributed by atoms with Crippen LogP contribution in [0.4, 0.5) is 5.69 Å². The van der Waals surface area contributed by atoms with Crippen LogP contribution in [0.5, 0.6) is 5.75 Å². The van der Waals surface area contributed by atoms with E-state index in [9.17, 15) is 9.90 Å². The molecule has 0 fully saturated rings. The summed E-state index contributed by atoms with van der Waals surface area (Å²) in [5.74, 6) is -0.254. The minimum atomic E-state index is -0.406. The van der Waals surface area contributed by atoms with Gasteiger partial charge in [0, 0.05) is 22.8 Å². The van der Waals surface area contributed by atoms with Gasteiger partial charge in [0.05, 0.1) is 12.7 Å². The van der Waals surface area contributed by atoms with E-state index in [4.69, 9.17) is 16.3 Å². The summed E-state index contributed by atoms with van der Waals surface area (Å²) in [6, 6.07) is 10.3. The molecule has 0 spiro atoms. The summed E-state index contributed by atoms with van der Waals surface area (Å²) in [5, 5.41) is 13.5. The number of benzene rings is 2. The zero-order valence-electron chi connectivity index (χ0n) is 11.8.